The number of anilines is 1. The molecule has 25 heavy (non-hydrogen) atoms. The Hall–Kier alpha value is -2.19. The molecule has 0 radical (unpaired) electrons. The van der Waals surface area contributed by atoms with Crippen LogP contribution in [0.3, 0.4) is 0 Å². The second kappa shape index (κ2) is 7.79. The van der Waals surface area contributed by atoms with E-state index in [1.165, 1.54) is 35.2 Å². The number of halogens is 1. The zero-order chi connectivity index (χ0) is 17.8. The highest BCUT2D eigenvalue weighted by Crippen LogP contribution is 2.25. The van der Waals surface area contributed by atoms with Gasteiger partial charge in [0, 0.05) is 22.3 Å². The molecule has 2 aromatic heterocycles. The largest absolute Gasteiger partial charge is 0.361 e. The monoisotopic (exact) mass is 377 g/mol. The highest BCUT2D eigenvalue weighted by molar-refractivity contribution is 7.99. The summed E-state index contributed by atoms with van der Waals surface area (Å²) in [6, 6.07) is 6.10. The van der Waals surface area contributed by atoms with Crippen LogP contribution in [-0.4, -0.2) is 21.8 Å². The highest BCUT2D eigenvalue weighted by atomic mass is 32.2. The van der Waals surface area contributed by atoms with Crippen LogP contribution in [0, 0.1) is 19.7 Å². The molecule has 0 spiro atoms. The van der Waals surface area contributed by atoms with Crippen LogP contribution in [0.2, 0.25) is 0 Å². The van der Waals surface area contributed by atoms with E-state index >= 15 is 0 Å². The number of nitrogens with zero attached hydrogens (tertiary/aromatic N) is 2. The fraction of sp³-hybridized carbons (Fsp3) is 0.235. The molecule has 5 nitrogen and oxygen atoms in total. The van der Waals surface area contributed by atoms with Crippen molar-refractivity contribution in [3.05, 3.63) is 52.5 Å². The molecule has 0 aliphatic rings. The zero-order valence-corrected chi connectivity index (χ0v) is 15.3. The number of benzene rings is 1. The number of aromatic nitrogens is 2. The fourth-order valence-corrected chi connectivity index (χ4v) is 3.91. The van der Waals surface area contributed by atoms with Crippen molar-refractivity contribution in [3.8, 4) is 11.3 Å². The number of aryl methyl sites for hydroxylation is 2. The Bertz CT molecular complexity index is 855. The Kier molecular flexibility index (Phi) is 5.50. The van der Waals surface area contributed by atoms with Gasteiger partial charge in [-0.1, -0.05) is 5.16 Å². The van der Waals surface area contributed by atoms with E-state index in [-0.39, 0.29) is 11.7 Å². The van der Waals surface area contributed by atoms with E-state index in [1.54, 1.807) is 12.1 Å². The molecule has 3 rings (SSSR count). The molecule has 2 heterocycles. The van der Waals surface area contributed by atoms with Gasteiger partial charge in [0.05, 0.1) is 17.1 Å². The quantitative estimate of drug-likeness (QED) is 0.688. The van der Waals surface area contributed by atoms with Crippen LogP contribution >= 0.6 is 23.1 Å². The zero-order valence-electron chi connectivity index (χ0n) is 13.7. The van der Waals surface area contributed by atoms with E-state index in [2.05, 4.69) is 15.5 Å². The van der Waals surface area contributed by atoms with Gasteiger partial charge in [-0.15, -0.1) is 23.1 Å². The summed E-state index contributed by atoms with van der Waals surface area (Å²) in [4.78, 5) is 16.4. The molecule has 0 saturated heterocycles. The Balaban J connectivity index is 1.52. The van der Waals surface area contributed by atoms with Crippen LogP contribution in [0.25, 0.3) is 11.3 Å². The molecule has 130 valence electrons. The second-order valence-electron chi connectivity index (χ2n) is 5.39. The minimum Gasteiger partial charge on any atom is -0.361 e. The van der Waals surface area contributed by atoms with Crippen molar-refractivity contribution in [2.24, 2.45) is 0 Å². The molecule has 1 amide bonds. The minimum atomic E-state index is -0.289. The molecule has 0 atom stereocenters. The Morgan fingerprint density at radius 3 is 2.76 bits per heavy atom. The fourth-order valence-electron chi connectivity index (χ4n) is 2.19. The summed E-state index contributed by atoms with van der Waals surface area (Å²) in [5.41, 5.74) is 3.41. The standard InChI is InChI=1S/C17H16FN3O2S2/c1-10-14(11(2)23-21-10)7-24-9-16(22)20-17-19-15(8-25-17)12-3-5-13(18)6-4-12/h3-6,8H,7,9H2,1-2H3,(H,19,20,22). The van der Waals surface area contributed by atoms with Crippen molar-refractivity contribution in [2.75, 3.05) is 11.1 Å². The van der Waals surface area contributed by atoms with Crippen molar-refractivity contribution in [3.63, 3.8) is 0 Å². The highest BCUT2D eigenvalue weighted by Gasteiger charge is 2.11. The second-order valence-corrected chi connectivity index (χ2v) is 7.23. The number of hydrogen-bond acceptors (Lipinski definition) is 6. The molecule has 0 fully saturated rings. The summed E-state index contributed by atoms with van der Waals surface area (Å²) in [6.45, 7) is 3.75. The van der Waals surface area contributed by atoms with Crippen LogP contribution in [0.15, 0.2) is 34.2 Å². The number of nitrogens with one attached hydrogen (secondary N) is 1. The van der Waals surface area contributed by atoms with Crippen molar-refractivity contribution < 1.29 is 13.7 Å². The first-order chi connectivity index (χ1) is 12.0. The molecule has 0 aliphatic heterocycles. The van der Waals surface area contributed by atoms with Gasteiger partial charge in [0.25, 0.3) is 0 Å². The van der Waals surface area contributed by atoms with Gasteiger partial charge in [0.2, 0.25) is 5.91 Å². The predicted molar refractivity (Wildman–Crippen MR) is 98.3 cm³/mol. The van der Waals surface area contributed by atoms with Crippen LogP contribution in [-0.2, 0) is 10.5 Å². The number of hydrogen-bond donors (Lipinski definition) is 1. The topological polar surface area (TPSA) is 68.0 Å². The Morgan fingerprint density at radius 1 is 1.32 bits per heavy atom. The summed E-state index contributed by atoms with van der Waals surface area (Å²) >= 11 is 2.84. The summed E-state index contributed by atoms with van der Waals surface area (Å²) in [7, 11) is 0. The van der Waals surface area contributed by atoms with Crippen molar-refractivity contribution in [1.82, 2.24) is 10.1 Å². The maximum atomic E-state index is 13.0. The van der Waals surface area contributed by atoms with Gasteiger partial charge in [0.15, 0.2) is 5.13 Å². The average molecular weight is 377 g/mol. The van der Waals surface area contributed by atoms with Gasteiger partial charge in [-0.05, 0) is 38.1 Å². The molecule has 8 heteroatoms. The van der Waals surface area contributed by atoms with Crippen LogP contribution < -0.4 is 5.32 Å². The summed E-state index contributed by atoms with van der Waals surface area (Å²) in [6.07, 6.45) is 0. The third kappa shape index (κ3) is 4.46. The first-order valence-electron chi connectivity index (χ1n) is 7.53. The van der Waals surface area contributed by atoms with Crippen molar-refractivity contribution in [2.45, 2.75) is 19.6 Å². The first-order valence-corrected chi connectivity index (χ1v) is 9.57. The van der Waals surface area contributed by atoms with E-state index < -0.39 is 0 Å². The third-order valence-electron chi connectivity index (χ3n) is 3.55. The number of amides is 1. The van der Waals surface area contributed by atoms with Crippen LogP contribution in [0.5, 0.6) is 0 Å². The van der Waals surface area contributed by atoms with Crippen LogP contribution in [0.4, 0.5) is 9.52 Å². The Labute approximate surface area is 152 Å². The molecule has 1 aromatic carbocycles. The first kappa shape index (κ1) is 17.6. The van der Waals surface area contributed by atoms with Gasteiger partial charge < -0.3 is 9.84 Å². The van der Waals surface area contributed by atoms with Gasteiger partial charge in [-0.2, -0.15) is 0 Å². The Morgan fingerprint density at radius 2 is 2.08 bits per heavy atom. The third-order valence-corrected chi connectivity index (χ3v) is 5.27. The molecular formula is C17H16FN3O2S2. The maximum absolute atomic E-state index is 13.0. The van der Waals surface area contributed by atoms with E-state index in [0.717, 1.165) is 22.6 Å². The van der Waals surface area contributed by atoms with Gasteiger partial charge in [-0.25, -0.2) is 9.37 Å². The van der Waals surface area contributed by atoms with E-state index in [0.29, 0.717) is 22.3 Å². The lowest BCUT2D eigenvalue weighted by atomic mass is 10.2. The predicted octanol–water partition coefficient (Wildman–Crippen LogP) is 4.43. The lowest BCUT2D eigenvalue weighted by Gasteiger charge is -2.02. The number of thioether (sulfide) groups is 1. The SMILES string of the molecule is Cc1noc(C)c1CSCC(=O)Nc1nc(-c2ccc(F)cc2)cs1. The lowest BCUT2D eigenvalue weighted by molar-refractivity contribution is -0.113. The van der Waals surface area contributed by atoms with Crippen molar-refractivity contribution >= 4 is 34.1 Å². The summed E-state index contributed by atoms with van der Waals surface area (Å²) in [5, 5.41) is 9.05. The molecule has 0 bridgehead atoms. The lowest BCUT2D eigenvalue weighted by Crippen LogP contribution is -2.14. The van der Waals surface area contributed by atoms with E-state index in [4.69, 9.17) is 4.52 Å². The molecule has 0 unspecified atom stereocenters. The van der Waals surface area contributed by atoms with Gasteiger partial charge in [0.1, 0.15) is 11.6 Å². The molecule has 0 saturated carbocycles. The maximum Gasteiger partial charge on any atom is 0.236 e. The van der Waals surface area contributed by atoms with Crippen LogP contribution in [0.1, 0.15) is 17.0 Å². The van der Waals surface area contributed by atoms with E-state index in [1.807, 2.05) is 19.2 Å². The van der Waals surface area contributed by atoms with Gasteiger partial charge in [-0.3, -0.25) is 4.79 Å². The summed E-state index contributed by atoms with van der Waals surface area (Å²) in [5.74, 6) is 1.37. The summed E-state index contributed by atoms with van der Waals surface area (Å²) < 4.78 is 18.1. The molecule has 3 aromatic rings. The average Bonchev–Trinajstić information content (AvgIpc) is 3.17. The van der Waals surface area contributed by atoms with Crippen molar-refractivity contribution in [1.29, 1.82) is 0 Å². The van der Waals surface area contributed by atoms with E-state index in [9.17, 15) is 9.18 Å². The number of carbonyl (C=O) groups is 1. The number of rotatable bonds is 6. The molecule has 1 N–H and O–H groups in total. The minimum absolute atomic E-state index is 0.114. The smallest absolute Gasteiger partial charge is 0.236 e. The molecular weight excluding hydrogens is 361 g/mol. The van der Waals surface area contributed by atoms with Gasteiger partial charge >= 0.3 is 0 Å². The normalized spacial score (nSPS) is 10.8. The number of thiazole rings is 1. The molecule has 0 aliphatic carbocycles. The number of carbonyl (C=O) groups excluding carboxylic acids is 1.